The lowest BCUT2D eigenvalue weighted by Gasteiger charge is -2.42. The summed E-state index contributed by atoms with van der Waals surface area (Å²) < 4.78 is 5.35. The standard InChI is InChI=1S/C28H37ClN2O2/c1-30-15-17-31(18-16-30)21-25-6-4-3-5-24(19-22-7-11-26(29)12-8-22)28(25,32)20-23-9-13-27(33-2)14-10-23/h7-14,19,25,32H,3-6,15-18,20-21H2,1-2H3. The molecule has 1 heterocycles. The second-order valence-corrected chi connectivity index (χ2v) is 10.2. The summed E-state index contributed by atoms with van der Waals surface area (Å²) >= 11 is 6.12. The minimum atomic E-state index is -0.881. The molecule has 33 heavy (non-hydrogen) atoms. The third kappa shape index (κ3) is 6.19. The fraction of sp³-hybridized carbons (Fsp3) is 0.500. The highest BCUT2D eigenvalue weighted by molar-refractivity contribution is 6.30. The van der Waals surface area contributed by atoms with E-state index in [2.05, 4.69) is 35.1 Å². The molecule has 2 fully saturated rings. The number of benzene rings is 2. The number of methoxy groups -OCH3 is 1. The van der Waals surface area contributed by atoms with Crippen molar-refractivity contribution in [2.24, 2.45) is 5.92 Å². The Hall–Kier alpha value is -1.85. The van der Waals surface area contributed by atoms with Crippen molar-refractivity contribution < 1.29 is 9.84 Å². The monoisotopic (exact) mass is 468 g/mol. The fourth-order valence-electron chi connectivity index (χ4n) is 5.28. The predicted octanol–water partition coefficient (Wildman–Crippen LogP) is 5.14. The number of piperazine rings is 1. The van der Waals surface area contributed by atoms with Gasteiger partial charge in [-0.2, -0.15) is 0 Å². The molecule has 2 aromatic rings. The largest absolute Gasteiger partial charge is 0.497 e. The van der Waals surface area contributed by atoms with Gasteiger partial charge < -0.3 is 19.6 Å². The first-order valence-corrected chi connectivity index (χ1v) is 12.6. The quantitative estimate of drug-likeness (QED) is 0.595. The number of halogens is 1. The normalized spacial score (nSPS) is 26.3. The van der Waals surface area contributed by atoms with E-state index in [4.69, 9.17) is 16.3 Å². The van der Waals surface area contributed by atoms with Gasteiger partial charge in [-0.25, -0.2) is 0 Å². The summed E-state index contributed by atoms with van der Waals surface area (Å²) in [4.78, 5) is 4.94. The van der Waals surface area contributed by atoms with Crippen LogP contribution < -0.4 is 4.74 Å². The summed E-state index contributed by atoms with van der Waals surface area (Å²) in [5.74, 6) is 1.04. The van der Waals surface area contributed by atoms with Gasteiger partial charge in [0.25, 0.3) is 0 Å². The summed E-state index contributed by atoms with van der Waals surface area (Å²) in [7, 11) is 3.88. The van der Waals surface area contributed by atoms with Crippen LogP contribution >= 0.6 is 11.6 Å². The Balaban J connectivity index is 1.66. The van der Waals surface area contributed by atoms with E-state index in [0.29, 0.717) is 6.42 Å². The lowest BCUT2D eigenvalue weighted by Crippen LogP contribution is -2.51. The number of likely N-dealkylation sites (N-methyl/N-ethyl adjacent to an activating group) is 1. The van der Waals surface area contributed by atoms with Gasteiger partial charge in [0.1, 0.15) is 5.75 Å². The van der Waals surface area contributed by atoms with E-state index < -0.39 is 5.60 Å². The van der Waals surface area contributed by atoms with Crippen molar-refractivity contribution in [3.05, 3.63) is 70.3 Å². The number of hydrogen-bond donors (Lipinski definition) is 1. The Morgan fingerprint density at radius 2 is 1.73 bits per heavy atom. The zero-order chi connectivity index (χ0) is 23.3. The topological polar surface area (TPSA) is 35.9 Å². The van der Waals surface area contributed by atoms with Gasteiger partial charge in [0, 0.05) is 50.1 Å². The molecule has 0 aromatic heterocycles. The summed E-state index contributed by atoms with van der Waals surface area (Å²) in [5, 5.41) is 13.2. The van der Waals surface area contributed by atoms with Crippen molar-refractivity contribution in [3.63, 3.8) is 0 Å². The first kappa shape index (κ1) is 24.3. The molecule has 5 heteroatoms. The summed E-state index contributed by atoms with van der Waals surface area (Å²) in [5.41, 5.74) is 2.51. The molecule has 1 aliphatic heterocycles. The van der Waals surface area contributed by atoms with Crippen LogP contribution in [-0.2, 0) is 6.42 Å². The number of ether oxygens (including phenoxy) is 1. The smallest absolute Gasteiger partial charge is 0.118 e. The highest BCUT2D eigenvalue weighted by Gasteiger charge is 2.42. The zero-order valence-electron chi connectivity index (χ0n) is 20.0. The highest BCUT2D eigenvalue weighted by Crippen LogP contribution is 2.41. The molecular weight excluding hydrogens is 432 g/mol. The lowest BCUT2D eigenvalue weighted by molar-refractivity contribution is -0.00644. The number of rotatable bonds is 6. The molecule has 1 saturated heterocycles. The Labute approximate surface area is 203 Å². The molecule has 0 radical (unpaired) electrons. The van der Waals surface area contributed by atoms with Gasteiger partial charge in [0.15, 0.2) is 0 Å². The summed E-state index contributed by atoms with van der Waals surface area (Å²) in [6.07, 6.45) is 7.08. The minimum Gasteiger partial charge on any atom is -0.497 e. The third-order valence-corrected chi connectivity index (χ3v) is 7.65. The Bertz CT molecular complexity index is 920. The van der Waals surface area contributed by atoms with Crippen LogP contribution in [0.15, 0.2) is 54.1 Å². The van der Waals surface area contributed by atoms with E-state index in [1.54, 1.807) is 7.11 Å². The van der Waals surface area contributed by atoms with Crippen LogP contribution in [0.4, 0.5) is 0 Å². The van der Waals surface area contributed by atoms with Crippen LogP contribution in [0.1, 0.15) is 36.8 Å². The van der Waals surface area contributed by atoms with Crippen LogP contribution in [0.3, 0.4) is 0 Å². The van der Waals surface area contributed by atoms with Crippen molar-refractivity contribution in [2.45, 2.75) is 37.7 Å². The average molecular weight is 469 g/mol. The fourth-order valence-corrected chi connectivity index (χ4v) is 5.40. The molecule has 4 nitrogen and oxygen atoms in total. The van der Waals surface area contributed by atoms with Crippen molar-refractivity contribution in [2.75, 3.05) is 46.9 Å². The molecule has 1 aliphatic carbocycles. The summed E-state index contributed by atoms with van der Waals surface area (Å²) in [6, 6.07) is 16.1. The SMILES string of the molecule is COc1ccc(CC2(O)C(=Cc3ccc(Cl)cc3)CCCCC2CN2CCN(C)CC2)cc1. The third-order valence-electron chi connectivity index (χ3n) is 7.40. The Morgan fingerprint density at radius 3 is 2.39 bits per heavy atom. The molecule has 1 saturated carbocycles. The van der Waals surface area contributed by atoms with E-state index in [1.807, 2.05) is 36.4 Å². The van der Waals surface area contributed by atoms with Crippen molar-refractivity contribution >= 4 is 17.7 Å². The molecule has 1 N–H and O–H groups in total. The van der Waals surface area contributed by atoms with E-state index in [9.17, 15) is 5.11 Å². The van der Waals surface area contributed by atoms with Crippen molar-refractivity contribution in [3.8, 4) is 5.75 Å². The van der Waals surface area contributed by atoms with E-state index >= 15 is 0 Å². The first-order valence-electron chi connectivity index (χ1n) is 12.2. The number of hydrogen-bond acceptors (Lipinski definition) is 4. The Morgan fingerprint density at radius 1 is 1.03 bits per heavy atom. The zero-order valence-corrected chi connectivity index (χ0v) is 20.7. The number of nitrogens with zero attached hydrogens (tertiary/aromatic N) is 2. The van der Waals surface area contributed by atoms with Crippen LogP contribution in [0.25, 0.3) is 6.08 Å². The molecule has 0 amide bonds. The molecule has 2 unspecified atom stereocenters. The minimum absolute atomic E-state index is 0.198. The molecule has 2 aromatic carbocycles. The van der Waals surface area contributed by atoms with Crippen molar-refractivity contribution in [1.29, 1.82) is 0 Å². The molecule has 0 spiro atoms. The molecular formula is C28H37ClN2O2. The molecule has 0 bridgehead atoms. The summed E-state index contributed by atoms with van der Waals surface area (Å²) in [6.45, 7) is 5.27. The number of aliphatic hydroxyl groups is 1. The van der Waals surface area contributed by atoms with Crippen molar-refractivity contribution in [1.82, 2.24) is 9.80 Å². The molecule has 2 atom stereocenters. The second kappa shape index (κ2) is 11.1. The maximum absolute atomic E-state index is 12.5. The molecule has 2 aliphatic rings. The van der Waals surface area contributed by atoms with Gasteiger partial charge in [-0.1, -0.05) is 48.4 Å². The van der Waals surface area contributed by atoms with Gasteiger partial charge in [-0.15, -0.1) is 0 Å². The van der Waals surface area contributed by atoms with Gasteiger partial charge in [-0.3, -0.25) is 0 Å². The van der Waals surface area contributed by atoms with E-state index in [-0.39, 0.29) is 5.92 Å². The van der Waals surface area contributed by atoms with Gasteiger partial charge >= 0.3 is 0 Å². The van der Waals surface area contributed by atoms with E-state index in [1.165, 1.54) is 0 Å². The van der Waals surface area contributed by atoms with Gasteiger partial charge in [0.05, 0.1) is 12.7 Å². The van der Waals surface area contributed by atoms with Crippen LogP contribution in [0, 0.1) is 5.92 Å². The lowest BCUT2D eigenvalue weighted by atomic mass is 9.74. The molecule has 178 valence electrons. The van der Waals surface area contributed by atoms with Gasteiger partial charge in [0.2, 0.25) is 0 Å². The van der Waals surface area contributed by atoms with E-state index in [0.717, 1.165) is 85.9 Å². The molecule has 4 rings (SSSR count). The maximum Gasteiger partial charge on any atom is 0.118 e. The Kier molecular flexibility index (Phi) is 8.13. The maximum atomic E-state index is 12.5. The average Bonchev–Trinajstić information content (AvgIpc) is 2.96. The van der Waals surface area contributed by atoms with Crippen LogP contribution in [0.5, 0.6) is 5.75 Å². The second-order valence-electron chi connectivity index (χ2n) is 9.72. The predicted molar refractivity (Wildman–Crippen MR) is 137 cm³/mol. The van der Waals surface area contributed by atoms with Gasteiger partial charge in [-0.05, 0) is 67.3 Å². The van der Waals surface area contributed by atoms with Crippen LogP contribution in [0.2, 0.25) is 5.02 Å². The first-order chi connectivity index (χ1) is 16.0. The van der Waals surface area contributed by atoms with Crippen LogP contribution in [-0.4, -0.2) is 67.4 Å². The highest BCUT2D eigenvalue weighted by atomic mass is 35.5.